The van der Waals surface area contributed by atoms with Crippen LogP contribution in [0.15, 0.2) is 51.9 Å². The molecule has 0 aliphatic heterocycles. The van der Waals surface area contributed by atoms with Crippen molar-refractivity contribution in [2.75, 3.05) is 12.0 Å². The Bertz CT molecular complexity index is 752. The highest BCUT2D eigenvalue weighted by Gasteiger charge is 2.20. The van der Waals surface area contributed by atoms with Gasteiger partial charge in [-0.1, -0.05) is 5.16 Å². The number of hydrogen-bond acceptors (Lipinski definition) is 6. The van der Waals surface area contributed by atoms with Crippen LogP contribution in [-0.2, 0) is 11.3 Å². The van der Waals surface area contributed by atoms with E-state index in [1.165, 1.54) is 0 Å². The van der Waals surface area contributed by atoms with Crippen molar-refractivity contribution in [2.24, 2.45) is 0 Å². The van der Waals surface area contributed by atoms with Crippen LogP contribution < -0.4 is 5.32 Å². The Morgan fingerprint density at radius 2 is 2.21 bits per heavy atom. The molecule has 24 heavy (non-hydrogen) atoms. The lowest BCUT2D eigenvalue weighted by Gasteiger charge is -2.17. The molecule has 0 bridgehead atoms. The van der Waals surface area contributed by atoms with E-state index in [2.05, 4.69) is 15.5 Å². The molecule has 126 valence electrons. The first-order valence-electron chi connectivity index (χ1n) is 7.53. The lowest BCUT2D eigenvalue weighted by Crippen LogP contribution is -2.32. The van der Waals surface area contributed by atoms with Gasteiger partial charge in [0, 0.05) is 12.4 Å². The Balaban J connectivity index is 1.61. The van der Waals surface area contributed by atoms with Gasteiger partial charge in [0.2, 0.25) is 17.6 Å². The molecule has 3 rings (SSSR count). The maximum Gasteiger partial charge on any atom is 0.246 e. The second-order valence-electron chi connectivity index (χ2n) is 5.13. The number of hydrogen-bond donors (Lipinski definition) is 1. The summed E-state index contributed by atoms with van der Waals surface area (Å²) in [5.41, 5.74) is 0. The number of nitrogens with zero attached hydrogens (tertiary/aromatic N) is 3. The van der Waals surface area contributed by atoms with Gasteiger partial charge < -0.3 is 18.8 Å². The van der Waals surface area contributed by atoms with E-state index in [-0.39, 0.29) is 18.5 Å². The lowest BCUT2D eigenvalue weighted by molar-refractivity contribution is -0.124. The fraction of sp³-hybridized carbons (Fsp3) is 0.312. The highest BCUT2D eigenvalue weighted by molar-refractivity contribution is 7.98. The Labute approximate surface area is 143 Å². The molecule has 3 aromatic heterocycles. The van der Waals surface area contributed by atoms with E-state index in [0.717, 1.165) is 12.2 Å². The summed E-state index contributed by atoms with van der Waals surface area (Å²) in [6, 6.07) is 7.07. The molecule has 3 aromatic rings. The topological polar surface area (TPSA) is 86.1 Å². The van der Waals surface area contributed by atoms with Crippen LogP contribution in [0.2, 0.25) is 0 Å². The van der Waals surface area contributed by atoms with Crippen molar-refractivity contribution >= 4 is 17.7 Å². The van der Waals surface area contributed by atoms with E-state index < -0.39 is 0 Å². The predicted octanol–water partition coefficient (Wildman–Crippen LogP) is 2.74. The summed E-state index contributed by atoms with van der Waals surface area (Å²) >= 11 is 1.72. The zero-order valence-corrected chi connectivity index (χ0v) is 14.0. The minimum absolute atomic E-state index is 0.0713. The third-order valence-electron chi connectivity index (χ3n) is 3.51. The first-order chi connectivity index (χ1) is 11.8. The zero-order chi connectivity index (χ0) is 16.8. The van der Waals surface area contributed by atoms with Crippen LogP contribution in [0, 0.1) is 0 Å². The molecule has 0 spiro atoms. The summed E-state index contributed by atoms with van der Waals surface area (Å²) in [6.45, 7) is 0.184. The number of amides is 1. The minimum atomic E-state index is -0.250. The van der Waals surface area contributed by atoms with Crippen molar-refractivity contribution in [3.63, 3.8) is 0 Å². The molecule has 1 atom stereocenters. The van der Waals surface area contributed by atoms with Gasteiger partial charge in [-0.15, -0.1) is 0 Å². The second-order valence-corrected chi connectivity index (χ2v) is 6.12. The maximum absolute atomic E-state index is 12.5. The smallest absolute Gasteiger partial charge is 0.246 e. The summed E-state index contributed by atoms with van der Waals surface area (Å²) in [5.74, 6) is 2.07. The third-order valence-corrected chi connectivity index (χ3v) is 4.15. The van der Waals surface area contributed by atoms with Crippen LogP contribution in [-0.4, -0.2) is 32.6 Å². The van der Waals surface area contributed by atoms with Crippen molar-refractivity contribution in [3.05, 3.63) is 48.8 Å². The summed E-state index contributed by atoms with van der Waals surface area (Å²) in [6.07, 6.45) is 8.11. The molecular weight excluding hydrogens is 328 g/mol. The van der Waals surface area contributed by atoms with Crippen LogP contribution in [0.5, 0.6) is 0 Å². The molecular formula is C16H18N4O3S. The number of thioether (sulfide) groups is 1. The summed E-state index contributed by atoms with van der Waals surface area (Å²) in [7, 11) is 0. The number of nitrogens with one attached hydrogen (secondary N) is 1. The van der Waals surface area contributed by atoms with Crippen LogP contribution in [0.1, 0.15) is 18.4 Å². The Hall–Kier alpha value is -2.48. The van der Waals surface area contributed by atoms with Crippen molar-refractivity contribution in [1.82, 2.24) is 20.0 Å². The number of rotatable bonds is 8. The molecule has 0 aliphatic rings. The molecule has 8 heteroatoms. The monoisotopic (exact) mass is 346 g/mol. The van der Waals surface area contributed by atoms with Gasteiger partial charge in [-0.3, -0.25) is 4.79 Å². The van der Waals surface area contributed by atoms with Gasteiger partial charge in [0.15, 0.2) is 5.76 Å². The van der Waals surface area contributed by atoms with Gasteiger partial charge in [0.1, 0.15) is 6.04 Å². The highest BCUT2D eigenvalue weighted by Crippen LogP contribution is 2.17. The van der Waals surface area contributed by atoms with E-state index in [9.17, 15) is 4.79 Å². The van der Waals surface area contributed by atoms with Crippen molar-refractivity contribution in [2.45, 2.75) is 19.0 Å². The van der Waals surface area contributed by atoms with E-state index in [1.807, 2.05) is 35.3 Å². The van der Waals surface area contributed by atoms with Crippen LogP contribution in [0.4, 0.5) is 0 Å². The molecule has 1 N–H and O–H groups in total. The molecule has 0 unspecified atom stereocenters. The van der Waals surface area contributed by atoms with Crippen molar-refractivity contribution < 1.29 is 13.7 Å². The molecule has 3 heterocycles. The second kappa shape index (κ2) is 7.87. The van der Waals surface area contributed by atoms with Gasteiger partial charge in [0.25, 0.3) is 0 Å². The largest absolute Gasteiger partial charge is 0.461 e. The molecule has 0 radical (unpaired) electrons. The molecule has 0 fully saturated rings. The van der Waals surface area contributed by atoms with Gasteiger partial charge in [-0.2, -0.15) is 16.7 Å². The Kier molecular flexibility index (Phi) is 5.37. The minimum Gasteiger partial charge on any atom is -0.461 e. The van der Waals surface area contributed by atoms with Crippen LogP contribution in [0.3, 0.4) is 0 Å². The van der Waals surface area contributed by atoms with Gasteiger partial charge in [-0.05, 0) is 42.7 Å². The Morgan fingerprint density at radius 3 is 2.92 bits per heavy atom. The molecule has 7 nitrogen and oxygen atoms in total. The van der Waals surface area contributed by atoms with E-state index in [0.29, 0.717) is 17.5 Å². The van der Waals surface area contributed by atoms with E-state index in [4.69, 9.17) is 8.94 Å². The molecule has 1 amide bonds. The van der Waals surface area contributed by atoms with Gasteiger partial charge in [0.05, 0.1) is 12.8 Å². The number of carbonyl (C=O) groups excluding carboxylic acids is 1. The fourth-order valence-electron chi connectivity index (χ4n) is 2.31. The molecule has 0 saturated heterocycles. The average molecular weight is 346 g/mol. The summed E-state index contributed by atoms with van der Waals surface area (Å²) < 4.78 is 12.3. The predicted molar refractivity (Wildman–Crippen MR) is 90.3 cm³/mol. The normalized spacial score (nSPS) is 12.2. The lowest BCUT2D eigenvalue weighted by atomic mass is 10.2. The number of carbonyl (C=O) groups is 1. The maximum atomic E-state index is 12.5. The van der Waals surface area contributed by atoms with E-state index >= 15 is 0 Å². The van der Waals surface area contributed by atoms with Crippen LogP contribution in [0.25, 0.3) is 11.6 Å². The highest BCUT2D eigenvalue weighted by atomic mass is 32.2. The van der Waals surface area contributed by atoms with E-state index in [1.54, 1.807) is 30.2 Å². The Morgan fingerprint density at radius 1 is 1.38 bits per heavy atom. The first kappa shape index (κ1) is 16.4. The SMILES string of the molecule is CSCC[C@@H](C(=O)NCc1nc(-c2ccco2)no1)n1cccc1. The summed E-state index contributed by atoms with van der Waals surface area (Å²) in [4.78, 5) is 16.7. The number of furan rings is 1. The zero-order valence-electron chi connectivity index (χ0n) is 13.2. The number of aromatic nitrogens is 3. The van der Waals surface area contributed by atoms with Crippen molar-refractivity contribution in [3.8, 4) is 11.6 Å². The molecule has 0 aliphatic carbocycles. The average Bonchev–Trinajstić information content (AvgIpc) is 3.33. The fourth-order valence-corrected chi connectivity index (χ4v) is 2.77. The van der Waals surface area contributed by atoms with Crippen molar-refractivity contribution in [1.29, 1.82) is 0 Å². The molecule has 0 saturated carbocycles. The third kappa shape index (κ3) is 3.88. The quantitative estimate of drug-likeness (QED) is 0.675. The van der Waals surface area contributed by atoms with Gasteiger partial charge in [-0.25, -0.2) is 0 Å². The van der Waals surface area contributed by atoms with Gasteiger partial charge >= 0.3 is 0 Å². The summed E-state index contributed by atoms with van der Waals surface area (Å²) in [5, 5.41) is 6.70. The first-order valence-corrected chi connectivity index (χ1v) is 8.93. The van der Waals surface area contributed by atoms with Crippen LogP contribution >= 0.6 is 11.8 Å². The molecule has 0 aromatic carbocycles. The standard InChI is InChI=1S/C16H18N4O3S/c1-24-10-6-12(20-7-2-3-8-20)16(21)17-11-14-18-15(19-23-14)13-5-4-9-22-13/h2-5,7-9,12H,6,10-11H2,1H3,(H,17,21)/t12-/m0/s1.